The van der Waals surface area contributed by atoms with Crippen molar-refractivity contribution in [3.63, 3.8) is 0 Å². The number of benzene rings is 1. The average molecular weight is 342 g/mol. The number of ether oxygens (including phenoxy) is 1. The Balaban J connectivity index is 1.95. The molecule has 0 aliphatic heterocycles. The molecule has 0 unspecified atom stereocenters. The number of nitriles is 1. The van der Waals surface area contributed by atoms with Crippen LogP contribution in [0.4, 0.5) is 10.1 Å². The number of anilines is 1. The van der Waals surface area contributed by atoms with E-state index in [0.717, 1.165) is 6.08 Å². The molecule has 0 radical (unpaired) electrons. The van der Waals surface area contributed by atoms with E-state index in [1.54, 1.807) is 12.1 Å². The molecule has 128 valence electrons. The summed E-state index contributed by atoms with van der Waals surface area (Å²) in [5.74, 6) is -1.18. The molecule has 2 aromatic rings. The molecule has 1 aromatic heterocycles. The molecule has 0 aliphatic carbocycles. The number of halogens is 1. The van der Waals surface area contributed by atoms with Crippen molar-refractivity contribution >= 4 is 23.6 Å². The zero-order chi connectivity index (χ0) is 18.1. The first-order valence-electron chi connectivity index (χ1n) is 7.41. The Morgan fingerprint density at radius 3 is 2.68 bits per heavy atom. The van der Waals surface area contributed by atoms with Gasteiger partial charge in [-0.1, -0.05) is 0 Å². The van der Waals surface area contributed by atoms with Gasteiger partial charge in [0.1, 0.15) is 11.6 Å². The molecular weight excluding hydrogens is 327 g/mol. The van der Waals surface area contributed by atoms with Crippen LogP contribution in [0.5, 0.6) is 0 Å². The molecule has 0 bridgehead atoms. The molecule has 0 saturated heterocycles. The van der Waals surface area contributed by atoms with E-state index in [1.165, 1.54) is 41.5 Å². The summed E-state index contributed by atoms with van der Waals surface area (Å²) in [6.07, 6.45) is 4.11. The number of esters is 1. The third-order valence-corrected chi connectivity index (χ3v) is 3.15. The molecule has 1 amide bonds. The van der Waals surface area contributed by atoms with E-state index < -0.39 is 24.3 Å². The molecule has 7 heteroatoms. The van der Waals surface area contributed by atoms with Crippen molar-refractivity contribution in [3.8, 4) is 6.07 Å². The van der Waals surface area contributed by atoms with Gasteiger partial charge in [0.25, 0.3) is 5.91 Å². The summed E-state index contributed by atoms with van der Waals surface area (Å²) in [5, 5.41) is 8.72. The third-order valence-electron chi connectivity index (χ3n) is 3.15. The summed E-state index contributed by atoms with van der Waals surface area (Å²) in [4.78, 5) is 25.2. The van der Waals surface area contributed by atoms with Crippen molar-refractivity contribution in [1.82, 2.24) is 0 Å². The lowest BCUT2D eigenvalue weighted by atomic mass is 10.2. The summed E-state index contributed by atoms with van der Waals surface area (Å²) in [7, 11) is 0. The van der Waals surface area contributed by atoms with Crippen LogP contribution >= 0.6 is 0 Å². The Bertz CT molecular complexity index is 776. The van der Waals surface area contributed by atoms with Crippen LogP contribution in [0, 0.1) is 17.1 Å². The molecule has 2 rings (SSSR count). The van der Waals surface area contributed by atoms with Gasteiger partial charge in [-0.05, 0) is 42.5 Å². The van der Waals surface area contributed by atoms with Crippen LogP contribution in [0.25, 0.3) is 6.08 Å². The molecule has 25 heavy (non-hydrogen) atoms. The second kappa shape index (κ2) is 9.03. The topological polar surface area (TPSA) is 83.5 Å². The summed E-state index contributed by atoms with van der Waals surface area (Å²) >= 11 is 0. The van der Waals surface area contributed by atoms with Crippen molar-refractivity contribution in [2.75, 3.05) is 18.1 Å². The number of carbonyl (C=O) groups excluding carboxylic acids is 2. The SMILES string of the molecule is N#CCCN(C(=O)COC(=O)/C=C/c1ccco1)c1ccc(F)cc1. The van der Waals surface area contributed by atoms with Crippen LogP contribution in [0.15, 0.2) is 53.2 Å². The number of furan rings is 1. The fourth-order valence-electron chi connectivity index (χ4n) is 1.98. The molecule has 0 aliphatic rings. The van der Waals surface area contributed by atoms with Crippen molar-refractivity contribution in [3.05, 3.63) is 60.3 Å². The van der Waals surface area contributed by atoms with E-state index in [4.69, 9.17) is 14.4 Å². The molecule has 1 heterocycles. The first kappa shape index (κ1) is 17.9. The Morgan fingerprint density at radius 1 is 1.28 bits per heavy atom. The van der Waals surface area contributed by atoms with Gasteiger partial charge in [0.05, 0.1) is 18.8 Å². The van der Waals surface area contributed by atoms with Gasteiger partial charge in [-0.2, -0.15) is 5.26 Å². The largest absolute Gasteiger partial charge is 0.465 e. The van der Waals surface area contributed by atoms with Gasteiger partial charge >= 0.3 is 5.97 Å². The van der Waals surface area contributed by atoms with E-state index in [9.17, 15) is 14.0 Å². The lowest BCUT2D eigenvalue weighted by Gasteiger charge is -2.21. The van der Waals surface area contributed by atoms with E-state index >= 15 is 0 Å². The minimum absolute atomic E-state index is 0.0927. The summed E-state index contributed by atoms with van der Waals surface area (Å²) < 4.78 is 22.9. The lowest BCUT2D eigenvalue weighted by Crippen LogP contribution is -2.35. The normalized spacial score (nSPS) is 10.4. The zero-order valence-electron chi connectivity index (χ0n) is 13.2. The highest BCUT2D eigenvalue weighted by Gasteiger charge is 2.17. The first-order valence-corrected chi connectivity index (χ1v) is 7.41. The van der Waals surface area contributed by atoms with Gasteiger partial charge in [0, 0.05) is 18.3 Å². The smallest absolute Gasteiger partial charge is 0.331 e. The van der Waals surface area contributed by atoms with Gasteiger partial charge in [-0.25, -0.2) is 9.18 Å². The highest BCUT2D eigenvalue weighted by molar-refractivity contribution is 5.96. The van der Waals surface area contributed by atoms with Crippen LogP contribution in [-0.4, -0.2) is 25.0 Å². The second-order valence-corrected chi connectivity index (χ2v) is 4.89. The predicted molar refractivity (Wildman–Crippen MR) is 87.7 cm³/mol. The highest BCUT2D eigenvalue weighted by atomic mass is 19.1. The second-order valence-electron chi connectivity index (χ2n) is 4.89. The van der Waals surface area contributed by atoms with Crippen LogP contribution in [-0.2, 0) is 14.3 Å². The summed E-state index contributed by atoms with van der Waals surface area (Å²) in [6, 6.07) is 10.5. The van der Waals surface area contributed by atoms with Gasteiger partial charge in [0.2, 0.25) is 0 Å². The summed E-state index contributed by atoms with van der Waals surface area (Å²) in [5.41, 5.74) is 0.420. The Morgan fingerprint density at radius 2 is 2.04 bits per heavy atom. The van der Waals surface area contributed by atoms with Gasteiger partial charge in [0.15, 0.2) is 6.61 Å². The molecular formula is C18H15FN2O4. The van der Waals surface area contributed by atoms with Crippen molar-refractivity contribution in [2.24, 2.45) is 0 Å². The molecule has 0 fully saturated rings. The Labute approximate surface area is 143 Å². The van der Waals surface area contributed by atoms with Crippen LogP contribution < -0.4 is 4.90 Å². The van der Waals surface area contributed by atoms with Crippen molar-refractivity contribution in [2.45, 2.75) is 6.42 Å². The predicted octanol–water partition coefficient (Wildman–Crippen LogP) is 2.92. The van der Waals surface area contributed by atoms with E-state index in [1.807, 2.05) is 6.07 Å². The van der Waals surface area contributed by atoms with Crippen LogP contribution in [0.2, 0.25) is 0 Å². The van der Waals surface area contributed by atoms with Crippen molar-refractivity contribution < 1.29 is 23.1 Å². The molecule has 6 nitrogen and oxygen atoms in total. The molecule has 0 saturated carbocycles. The summed E-state index contributed by atoms with van der Waals surface area (Å²) in [6.45, 7) is -0.384. The minimum Gasteiger partial charge on any atom is -0.465 e. The number of nitrogens with zero attached hydrogens (tertiary/aromatic N) is 2. The van der Waals surface area contributed by atoms with Gasteiger partial charge in [-0.15, -0.1) is 0 Å². The van der Waals surface area contributed by atoms with E-state index in [2.05, 4.69) is 0 Å². The number of amides is 1. The standard InChI is InChI=1S/C18H15FN2O4/c19-14-4-6-15(7-5-14)21(11-2-10-20)17(22)13-25-18(23)9-8-16-3-1-12-24-16/h1,3-9,12H,2,11,13H2/b9-8+. The number of hydrogen-bond acceptors (Lipinski definition) is 5. The maximum absolute atomic E-state index is 13.0. The molecule has 0 atom stereocenters. The third kappa shape index (κ3) is 5.62. The first-order chi connectivity index (χ1) is 12.1. The zero-order valence-corrected chi connectivity index (χ0v) is 13.2. The Kier molecular flexibility index (Phi) is 6.48. The van der Waals surface area contributed by atoms with Crippen LogP contribution in [0.1, 0.15) is 12.2 Å². The van der Waals surface area contributed by atoms with Gasteiger partial charge < -0.3 is 14.1 Å². The van der Waals surface area contributed by atoms with Crippen LogP contribution in [0.3, 0.4) is 0 Å². The minimum atomic E-state index is -0.705. The number of carbonyl (C=O) groups is 2. The maximum Gasteiger partial charge on any atom is 0.331 e. The fourth-order valence-corrected chi connectivity index (χ4v) is 1.98. The van der Waals surface area contributed by atoms with E-state index in [-0.39, 0.29) is 13.0 Å². The van der Waals surface area contributed by atoms with Crippen molar-refractivity contribution in [1.29, 1.82) is 5.26 Å². The molecule has 0 N–H and O–H groups in total. The quantitative estimate of drug-likeness (QED) is 0.571. The number of hydrogen-bond donors (Lipinski definition) is 0. The Hall–Kier alpha value is -3.40. The fraction of sp³-hybridized carbons (Fsp3) is 0.167. The maximum atomic E-state index is 13.0. The van der Waals surface area contributed by atoms with E-state index in [0.29, 0.717) is 11.4 Å². The number of rotatable bonds is 7. The monoisotopic (exact) mass is 342 g/mol. The molecule has 1 aromatic carbocycles. The lowest BCUT2D eigenvalue weighted by molar-refractivity contribution is -0.142. The highest BCUT2D eigenvalue weighted by Crippen LogP contribution is 2.15. The molecule has 0 spiro atoms. The average Bonchev–Trinajstić information content (AvgIpc) is 3.13. The van der Waals surface area contributed by atoms with Gasteiger partial charge in [-0.3, -0.25) is 4.79 Å².